The second kappa shape index (κ2) is 7.50. The first-order chi connectivity index (χ1) is 12.4. The fourth-order valence-corrected chi connectivity index (χ4v) is 4.25. The third-order valence-electron chi connectivity index (χ3n) is 3.69. The largest absolute Gasteiger partial charge is 0.300 e. The standard InChI is InChI=1S/C17H17FN4O2S2/c1-11-2-8-14(9-3-11)26(23,24)20-10-15-16(21-17(22-19)25-15)12-4-6-13(18)7-5-12/h2-9,20H,10,19H2,1H3,(H,21,22). The molecule has 0 bridgehead atoms. The van der Waals surface area contributed by atoms with E-state index in [0.717, 1.165) is 5.56 Å². The SMILES string of the molecule is Cc1ccc(S(=O)(=O)NCc2sc(NN)nc2-c2ccc(F)cc2)cc1. The summed E-state index contributed by atoms with van der Waals surface area (Å²) in [6.45, 7) is 1.93. The number of hydrogen-bond donors (Lipinski definition) is 3. The van der Waals surface area contributed by atoms with E-state index in [2.05, 4.69) is 15.1 Å². The van der Waals surface area contributed by atoms with Crippen molar-refractivity contribution in [1.82, 2.24) is 9.71 Å². The van der Waals surface area contributed by atoms with E-state index in [0.29, 0.717) is 21.3 Å². The van der Waals surface area contributed by atoms with Crippen molar-refractivity contribution >= 4 is 26.5 Å². The molecule has 0 aliphatic carbocycles. The summed E-state index contributed by atoms with van der Waals surface area (Å²) >= 11 is 1.23. The summed E-state index contributed by atoms with van der Waals surface area (Å²) in [4.78, 5) is 5.19. The van der Waals surface area contributed by atoms with Crippen LogP contribution >= 0.6 is 11.3 Å². The molecule has 0 atom stereocenters. The van der Waals surface area contributed by atoms with Gasteiger partial charge in [0.15, 0.2) is 5.13 Å². The number of nitrogens with one attached hydrogen (secondary N) is 2. The zero-order chi connectivity index (χ0) is 18.7. The lowest BCUT2D eigenvalue weighted by Crippen LogP contribution is -2.23. The summed E-state index contributed by atoms with van der Waals surface area (Å²) in [5.74, 6) is 5.06. The monoisotopic (exact) mass is 392 g/mol. The van der Waals surface area contributed by atoms with E-state index in [-0.39, 0.29) is 17.3 Å². The number of hydrogen-bond acceptors (Lipinski definition) is 6. The van der Waals surface area contributed by atoms with Gasteiger partial charge in [0.25, 0.3) is 0 Å². The number of rotatable bonds is 6. The summed E-state index contributed by atoms with van der Waals surface area (Å²) in [6, 6.07) is 12.4. The molecule has 0 saturated heterocycles. The Morgan fingerprint density at radius 2 is 1.77 bits per heavy atom. The molecule has 9 heteroatoms. The fourth-order valence-electron chi connectivity index (χ4n) is 2.33. The maximum absolute atomic E-state index is 13.2. The molecule has 0 fully saturated rings. The minimum atomic E-state index is -3.66. The summed E-state index contributed by atoms with van der Waals surface area (Å²) in [6.07, 6.45) is 0. The van der Waals surface area contributed by atoms with Gasteiger partial charge in [0, 0.05) is 17.0 Å². The Bertz CT molecular complexity index is 1000. The highest BCUT2D eigenvalue weighted by molar-refractivity contribution is 7.89. The Labute approximate surface area is 154 Å². The Hall–Kier alpha value is -2.33. The Morgan fingerprint density at radius 1 is 1.12 bits per heavy atom. The van der Waals surface area contributed by atoms with E-state index >= 15 is 0 Å². The molecule has 1 aromatic heterocycles. The van der Waals surface area contributed by atoms with Crippen LogP contribution in [-0.4, -0.2) is 13.4 Å². The van der Waals surface area contributed by atoms with Gasteiger partial charge in [0.05, 0.1) is 10.6 Å². The van der Waals surface area contributed by atoms with Crippen LogP contribution in [0.4, 0.5) is 9.52 Å². The Morgan fingerprint density at radius 3 is 2.38 bits per heavy atom. The highest BCUT2D eigenvalue weighted by Crippen LogP contribution is 2.31. The topological polar surface area (TPSA) is 97.1 Å². The first kappa shape index (κ1) is 18.5. The lowest BCUT2D eigenvalue weighted by atomic mass is 10.1. The first-order valence-electron chi connectivity index (χ1n) is 7.67. The predicted molar refractivity (Wildman–Crippen MR) is 101 cm³/mol. The van der Waals surface area contributed by atoms with Gasteiger partial charge in [-0.3, -0.25) is 5.43 Å². The van der Waals surface area contributed by atoms with Gasteiger partial charge in [0.2, 0.25) is 10.0 Å². The summed E-state index contributed by atoms with van der Waals surface area (Å²) in [7, 11) is -3.66. The molecule has 0 unspecified atom stereocenters. The summed E-state index contributed by atoms with van der Waals surface area (Å²) in [5, 5.41) is 0.439. The lowest BCUT2D eigenvalue weighted by Gasteiger charge is -2.07. The number of benzene rings is 2. The molecule has 0 aliphatic rings. The number of thiazole rings is 1. The van der Waals surface area contributed by atoms with Crippen LogP contribution < -0.4 is 16.0 Å². The number of hydrazine groups is 1. The molecule has 3 rings (SSSR count). The van der Waals surface area contributed by atoms with Crippen LogP contribution in [0.5, 0.6) is 0 Å². The van der Waals surface area contributed by atoms with Gasteiger partial charge in [0.1, 0.15) is 5.82 Å². The van der Waals surface area contributed by atoms with Crippen molar-refractivity contribution < 1.29 is 12.8 Å². The zero-order valence-corrected chi connectivity index (χ0v) is 15.5. The molecule has 4 N–H and O–H groups in total. The van der Waals surface area contributed by atoms with Gasteiger partial charge in [-0.2, -0.15) is 0 Å². The fraction of sp³-hybridized carbons (Fsp3) is 0.118. The normalized spacial score (nSPS) is 11.5. The molecule has 0 spiro atoms. The van der Waals surface area contributed by atoms with Crippen molar-refractivity contribution in [3.8, 4) is 11.3 Å². The highest BCUT2D eigenvalue weighted by atomic mass is 32.2. The number of nitrogens with two attached hydrogens (primary N) is 1. The minimum Gasteiger partial charge on any atom is -0.300 e. The average molecular weight is 392 g/mol. The number of aryl methyl sites for hydroxylation is 1. The average Bonchev–Trinajstić information content (AvgIpc) is 3.04. The highest BCUT2D eigenvalue weighted by Gasteiger charge is 2.18. The smallest absolute Gasteiger partial charge is 0.240 e. The van der Waals surface area contributed by atoms with E-state index in [9.17, 15) is 12.8 Å². The lowest BCUT2D eigenvalue weighted by molar-refractivity contribution is 0.582. The molecule has 6 nitrogen and oxygen atoms in total. The third-order valence-corrected chi connectivity index (χ3v) is 6.10. The van der Waals surface area contributed by atoms with Gasteiger partial charge >= 0.3 is 0 Å². The quantitative estimate of drug-likeness (QED) is 0.443. The van der Waals surface area contributed by atoms with Crippen molar-refractivity contribution in [3.05, 3.63) is 64.8 Å². The van der Waals surface area contributed by atoms with Crippen LogP contribution in [0, 0.1) is 12.7 Å². The molecule has 136 valence electrons. The second-order valence-corrected chi connectivity index (χ2v) is 8.43. The van der Waals surface area contributed by atoms with Crippen molar-refractivity contribution in [3.63, 3.8) is 0 Å². The summed E-state index contributed by atoms with van der Waals surface area (Å²) in [5.41, 5.74) is 4.66. The van der Waals surface area contributed by atoms with Crippen LogP contribution in [0.15, 0.2) is 53.4 Å². The van der Waals surface area contributed by atoms with Crippen LogP contribution in [0.25, 0.3) is 11.3 Å². The van der Waals surface area contributed by atoms with Gasteiger partial charge in [-0.25, -0.2) is 28.4 Å². The number of nitrogens with zero attached hydrogens (tertiary/aromatic N) is 1. The molecule has 0 aliphatic heterocycles. The molecule has 3 aromatic rings. The molecule has 1 heterocycles. The minimum absolute atomic E-state index is 0.0439. The van der Waals surface area contributed by atoms with E-state index in [1.54, 1.807) is 36.4 Å². The number of sulfonamides is 1. The number of halogens is 1. The molecular formula is C17H17FN4O2S2. The number of aromatic nitrogens is 1. The van der Waals surface area contributed by atoms with E-state index in [4.69, 9.17) is 5.84 Å². The molecule has 0 radical (unpaired) electrons. The molecule has 2 aromatic carbocycles. The van der Waals surface area contributed by atoms with E-state index < -0.39 is 10.0 Å². The van der Waals surface area contributed by atoms with E-state index in [1.165, 1.54) is 23.5 Å². The second-order valence-electron chi connectivity index (χ2n) is 5.58. The molecule has 26 heavy (non-hydrogen) atoms. The van der Waals surface area contributed by atoms with Crippen LogP contribution in [0.2, 0.25) is 0 Å². The number of anilines is 1. The van der Waals surface area contributed by atoms with Crippen molar-refractivity contribution in [2.45, 2.75) is 18.4 Å². The van der Waals surface area contributed by atoms with Crippen molar-refractivity contribution in [1.29, 1.82) is 0 Å². The van der Waals surface area contributed by atoms with Gasteiger partial charge in [-0.1, -0.05) is 29.0 Å². The molecular weight excluding hydrogens is 375 g/mol. The van der Waals surface area contributed by atoms with Gasteiger partial charge in [-0.15, -0.1) is 0 Å². The molecule has 0 amide bonds. The zero-order valence-electron chi connectivity index (χ0n) is 13.9. The maximum atomic E-state index is 13.2. The number of nitrogen functional groups attached to an aromatic ring is 1. The van der Waals surface area contributed by atoms with E-state index in [1.807, 2.05) is 6.92 Å². The predicted octanol–water partition coefficient (Wildman–Crippen LogP) is 3.02. The van der Waals surface area contributed by atoms with Crippen molar-refractivity contribution in [2.24, 2.45) is 5.84 Å². The van der Waals surface area contributed by atoms with Crippen molar-refractivity contribution in [2.75, 3.05) is 5.43 Å². The first-order valence-corrected chi connectivity index (χ1v) is 9.97. The maximum Gasteiger partial charge on any atom is 0.240 e. The van der Waals surface area contributed by atoms with Gasteiger partial charge < -0.3 is 0 Å². The Balaban J connectivity index is 1.86. The summed E-state index contributed by atoms with van der Waals surface area (Å²) < 4.78 is 40.7. The third kappa shape index (κ3) is 4.07. The van der Waals surface area contributed by atoms with Gasteiger partial charge in [-0.05, 0) is 43.3 Å². The van der Waals surface area contributed by atoms with Crippen LogP contribution in [0.1, 0.15) is 10.4 Å². The Kier molecular flexibility index (Phi) is 5.33. The van der Waals surface area contributed by atoms with Crippen LogP contribution in [0.3, 0.4) is 0 Å². The van der Waals surface area contributed by atoms with Crippen LogP contribution in [-0.2, 0) is 16.6 Å². The molecule has 0 saturated carbocycles.